The van der Waals surface area contributed by atoms with Crippen molar-refractivity contribution in [2.45, 2.75) is 19.4 Å². The van der Waals surface area contributed by atoms with Gasteiger partial charge in [0.1, 0.15) is 5.82 Å². The second-order valence-corrected chi connectivity index (χ2v) is 5.53. The third-order valence-corrected chi connectivity index (χ3v) is 4.33. The van der Waals surface area contributed by atoms with Crippen LogP contribution in [0.15, 0.2) is 30.4 Å². The van der Waals surface area contributed by atoms with Crippen molar-refractivity contribution in [1.82, 2.24) is 4.90 Å². The van der Waals surface area contributed by atoms with Crippen LogP contribution in [-0.4, -0.2) is 16.7 Å². The predicted molar refractivity (Wildman–Crippen MR) is 72.3 cm³/mol. The van der Waals surface area contributed by atoms with Crippen molar-refractivity contribution < 1.29 is 14.0 Å². The van der Waals surface area contributed by atoms with Crippen LogP contribution in [-0.2, 0) is 16.1 Å². The van der Waals surface area contributed by atoms with Crippen LogP contribution in [0.3, 0.4) is 0 Å². The Labute approximate surface area is 121 Å². The molecule has 0 radical (unpaired) electrons. The minimum atomic E-state index is -0.494. The quantitative estimate of drug-likeness (QED) is 0.621. The molecule has 5 heteroatoms. The van der Waals surface area contributed by atoms with E-state index >= 15 is 0 Å². The summed E-state index contributed by atoms with van der Waals surface area (Å²) in [7, 11) is 0. The van der Waals surface area contributed by atoms with Gasteiger partial charge in [0.05, 0.1) is 18.4 Å². The third-order valence-electron chi connectivity index (χ3n) is 3.98. The van der Waals surface area contributed by atoms with E-state index in [9.17, 15) is 14.0 Å². The number of halogens is 2. The Bertz CT molecular complexity index is 568. The molecule has 2 amide bonds. The van der Waals surface area contributed by atoms with Crippen molar-refractivity contribution in [1.29, 1.82) is 0 Å². The number of nitrogens with zero attached hydrogens (tertiary/aromatic N) is 1. The highest BCUT2D eigenvalue weighted by Crippen LogP contribution is 2.36. The molecule has 1 aliphatic carbocycles. The number of imide groups is 1. The molecule has 1 heterocycles. The molecule has 0 N–H and O–H groups in total. The molecule has 0 spiro atoms. The summed E-state index contributed by atoms with van der Waals surface area (Å²) in [6.07, 6.45) is 5.01. The third kappa shape index (κ3) is 2.04. The molecule has 2 aliphatic rings. The van der Waals surface area contributed by atoms with E-state index in [-0.39, 0.29) is 40.8 Å². The van der Waals surface area contributed by atoms with Gasteiger partial charge in [-0.05, 0) is 25.0 Å². The van der Waals surface area contributed by atoms with Crippen LogP contribution in [0.4, 0.5) is 4.39 Å². The smallest absolute Gasteiger partial charge is 0.233 e. The van der Waals surface area contributed by atoms with E-state index in [2.05, 4.69) is 0 Å². The largest absolute Gasteiger partial charge is 0.277 e. The van der Waals surface area contributed by atoms with Crippen molar-refractivity contribution in [3.8, 4) is 0 Å². The van der Waals surface area contributed by atoms with Gasteiger partial charge < -0.3 is 0 Å². The lowest BCUT2D eigenvalue weighted by molar-refractivity contribution is -0.140. The van der Waals surface area contributed by atoms with Crippen molar-refractivity contribution in [3.63, 3.8) is 0 Å². The van der Waals surface area contributed by atoms with Crippen molar-refractivity contribution in [2.24, 2.45) is 11.8 Å². The molecule has 1 fully saturated rings. The summed E-state index contributed by atoms with van der Waals surface area (Å²) in [4.78, 5) is 25.7. The number of rotatable bonds is 2. The van der Waals surface area contributed by atoms with Gasteiger partial charge in [0.25, 0.3) is 0 Å². The molecule has 104 valence electrons. The lowest BCUT2D eigenvalue weighted by atomic mass is 9.85. The molecule has 3 nitrogen and oxygen atoms in total. The average molecular weight is 294 g/mol. The zero-order valence-electron chi connectivity index (χ0n) is 10.7. The first kappa shape index (κ1) is 13.3. The number of carbonyl (C=O) groups excluding carboxylic acids is 2. The van der Waals surface area contributed by atoms with Gasteiger partial charge in [0.2, 0.25) is 11.8 Å². The fourth-order valence-corrected chi connectivity index (χ4v) is 3.09. The normalized spacial score (nSPS) is 25.2. The number of fused-ring (bicyclic) bond motifs is 1. The molecule has 2 atom stereocenters. The Hall–Kier alpha value is -1.68. The van der Waals surface area contributed by atoms with Crippen LogP contribution in [0.5, 0.6) is 0 Å². The summed E-state index contributed by atoms with van der Waals surface area (Å²) in [6.45, 7) is -0.0871. The summed E-state index contributed by atoms with van der Waals surface area (Å²) in [5.74, 6) is -1.52. The zero-order valence-corrected chi connectivity index (χ0v) is 11.4. The molecule has 0 saturated carbocycles. The lowest BCUT2D eigenvalue weighted by Gasteiger charge is -2.16. The molecular formula is C15H13ClFNO2. The first-order valence-electron chi connectivity index (χ1n) is 6.52. The minimum absolute atomic E-state index is 0.0871. The summed E-state index contributed by atoms with van der Waals surface area (Å²) in [6, 6.07) is 4.33. The molecule has 3 rings (SSSR count). The maximum atomic E-state index is 13.8. The molecule has 1 saturated heterocycles. The van der Waals surface area contributed by atoms with Crippen LogP contribution in [0, 0.1) is 17.7 Å². The fourth-order valence-electron chi connectivity index (χ4n) is 2.87. The fraction of sp³-hybridized carbons (Fsp3) is 0.333. The van der Waals surface area contributed by atoms with E-state index in [4.69, 9.17) is 11.6 Å². The lowest BCUT2D eigenvalue weighted by Crippen LogP contribution is -2.31. The van der Waals surface area contributed by atoms with E-state index in [0.717, 1.165) is 4.90 Å². The standard InChI is InChI=1S/C15H13ClFNO2/c16-12-6-3-7-13(17)11(12)8-18-14(19)9-4-1-2-5-10(9)15(18)20/h1-3,6-7,9-10H,4-5,8H2. The Kier molecular flexibility index (Phi) is 3.34. The SMILES string of the molecule is O=C1C2CC=CCC2C(=O)N1Cc1c(F)cccc1Cl. The molecule has 20 heavy (non-hydrogen) atoms. The van der Waals surface area contributed by atoms with E-state index < -0.39 is 5.82 Å². The van der Waals surface area contributed by atoms with E-state index in [1.807, 2.05) is 12.2 Å². The molecule has 0 bridgehead atoms. The number of hydrogen-bond acceptors (Lipinski definition) is 2. The molecule has 1 aliphatic heterocycles. The minimum Gasteiger partial charge on any atom is -0.277 e. The van der Waals surface area contributed by atoms with E-state index in [1.54, 1.807) is 6.07 Å². The number of amides is 2. The Morgan fingerprint density at radius 1 is 1.15 bits per heavy atom. The Balaban J connectivity index is 1.88. The molecule has 0 aromatic heterocycles. The van der Waals surface area contributed by atoms with Crippen LogP contribution in [0.2, 0.25) is 5.02 Å². The number of benzene rings is 1. The zero-order chi connectivity index (χ0) is 14.3. The van der Waals surface area contributed by atoms with Gasteiger partial charge >= 0.3 is 0 Å². The second kappa shape index (κ2) is 5.02. The van der Waals surface area contributed by atoms with E-state index in [1.165, 1.54) is 12.1 Å². The van der Waals surface area contributed by atoms with E-state index in [0.29, 0.717) is 12.8 Å². The van der Waals surface area contributed by atoms with Crippen LogP contribution >= 0.6 is 11.6 Å². The van der Waals surface area contributed by atoms with Gasteiger partial charge in [-0.1, -0.05) is 29.8 Å². The number of allylic oxidation sites excluding steroid dienone is 2. The van der Waals surface area contributed by atoms with Gasteiger partial charge in [0.15, 0.2) is 0 Å². The van der Waals surface area contributed by atoms with Crippen molar-refractivity contribution >= 4 is 23.4 Å². The highest BCUT2D eigenvalue weighted by Gasteiger charge is 2.47. The summed E-state index contributed by atoms with van der Waals surface area (Å²) in [5, 5.41) is 0.235. The molecule has 1 aromatic carbocycles. The molecule has 2 unspecified atom stereocenters. The monoisotopic (exact) mass is 293 g/mol. The molecule has 1 aromatic rings. The number of carbonyl (C=O) groups is 2. The maximum Gasteiger partial charge on any atom is 0.233 e. The van der Waals surface area contributed by atoms with Gasteiger partial charge in [0, 0.05) is 10.6 Å². The number of likely N-dealkylation sites (tertiary alicyclic amines) is 1. The van der Waals surface area contributed by atoms with Crippen LogP contribution in [0.25, 0.3) is 0 Å². The van der Waals surface area contributed by atoms with Crippen LogP contribution in [0.1, 0.15) is 18.4 Å². The van der Waals surface area contributed by atoms with Crippen molar-refractivity contribution in [2.75, 3.05) is 0 Å². The van der Waals surface area contributed by atoms with Crippen molar-refractivity contribution in [3.05, 3.63) is 46.8 Å². The predicted octanol–water partition coefficient (Wildman–Crippen LogP) is 2.93. The van der Waals surface area contributed by atoms with Gasteiger partial charge in [-0.2, -0.15) is 0 Å². The van der Waals surface area contributed by atoms with Gasteiger partial charge in [-0.25, -0.2) is 4.39 Å². The summed E-state index contributed by atoms with van der Waals surface area (Å²) >= 11 is 5.95. The molecular weight excluding hydrogens is 281 g/mol. The van der Waals surface area contributed by atoms with Gasteiger partial charge in [-0.3, -0.25) is 14.5 Å². The Morgan fingerprint density at radius 2 is 1.75 bits per heavy atom. The topological polar surface area (TPSA) is 37.4 Å². The summed E-state index contributed by atoms with van der Waals surface area (Å²) < 4.78 is 13.8. The highest BCUT2D eigenvalue weighted by atomic mass is 35.5. The van der Waals surface area contributed by atoms with Gasteiger partial charge in [-0.15, -0.1) is 0 Å². The highest BCUT2D eigenvalue weighted by molar-refractivity contribution is 6.31. The average Bonchev–Trinajstić information content (AvgIpc) is 2.68. The second-order valence-electron chi connectivity index (χ2n) is 5.12. The Morgan fingerprint density at radius 3 is 2.30 bits per heavy atom. The number of hydrogen-bond donors (Lipinski definition) is 0. The maximum absolute atomic E-state index is 13.8. The first-order chi connectivity index (χ1) is 9.59. The van der Waals surface area contributed by atoms with Crippen LogP contribution < -0.4 is 0 Å². The summed E-state index contributed by atoms with van der Waals surface area (Å²) in [5.41, 5.74) is 0.197. The first-order valence-corrected chi connectivity index (χ1v) is 6.90.